The van der Waals surface area contributed by atoms with Gasteiger partial charge in [0.25, 0.3) is 16.0 Å². The molecule has 4 rings (SSSR count). The Morgan fingerprint density at radius 3 is 2.44 bits per heavy atom. The predicted molar refractivity (Wildman–Crippen MR) is 151 cm³/mol. The summed E-state index contributed by atoms with van der Waals surface area (Å²) in [7, 11) is -4.62. The van der Waals surface area contributed by atoms with E-state index < -0.39 is 26.7 Å². The first-order chi connectivity index (χ1) is 18.5. The van der Waals surface area contributed by atoms with Gasteiger partial charge in [-0.25, -0.2) is 0 Å². The number of para-hydroxylation sites is 1. The number of nitrogens with zero attached hydrogens (tertiary/aromatic N) is 2. The Labute approximate surface area is 234 Å². The highest BCUT2D eigenvalue weighted by atomic mass is 35.5. The van der Waals surface area contributed by atoms with Gasteiger partial charge in [-0.2, -0.15) is 13.5 Å². The fourth-order valence-corrected chi connectivity index (χ4v) is 5.22. The molecule has 0 saturated heterocycles. The topological polar surface area (TPSA) is 138 Å². The lowest BCUT2D eigenvalue weighted by Gasteiger charge is -2.14. The van der Waals surface area contributed by atoms with Crippen LogP contribution >= 0.6 is 23.2 Å². The van der Waals surface area contributed by atoms with Crippen LogP contribution in [-0.2, 0) is 16.5 Å². The van der Waals surface area contributed by atoms with Gasteiger partial charge in [-0.05, 0) is 54.6 Å². The van der Waals surface area contributed by atoms with Crippen molar-refractivity contribution in [3.63, 3.8) is 0 Å². The molecular formula is C27H23Cl2N3O6S. The number of azo groups is 1. The fourth-order valence-electron chi connectivity index (χ4n) is 3.94. The Morgan fingerprint density at radius 2 is 1.74 bits per heavy atom. The lowest BCUT2D eigenvalue weighted by atomic mass is 10.0. The predicted octanol–water partition coefficient (Wildman–Crippen LogP) is 7.73. The number of fused-ring (bicyclic) bond motifs is 1. The number of carbonyl (C=O) groups is 1. The van der Waals surface area contributed by atoms with Gasteiger partial charge in [-0.15, -0.1) is 5.11 Å². The number of benzene rings is 4. The number of phenols is 1. The van der Waals surface area contributed by atoms with Crippen molar-refractivity contribution in [1.82, 2.24) is 0 Å². The molecule has 0 unspecified atom stereocenters. The molecule has 4 aromatic rings. The average molecular weight is 588 g/mol. The van der Waals surface area contributed by atoms with Crippen LogP contribution in [0.3, 0.4) is 0 Å². The number of aryl methyl sites for hydroxylation is 1. The highest BCUT2D eigenvalue weighted by Crippen LogP contribution is 2.41. The number of phenolic OH excluding ortho intramolecular Hbond substituents is 1. The summed E-state index contributed by atoms with van der Waals surface area (Å²) in [5.74, 6) is -0.802. The zero-order chi connectivity index (χ0) is 28.3. The van der Waals surface area contributed by atoms with E-state index in [0.717, 1.165) is 6.07 Å². The number of amides is 1. The number of halogens is 2. The van der Waals surface area contributed by atoms with Crippen LogP contribution in [0.15, 0.2) is 75.8 Å². The molecule has 0 aliphatic rings. The van der Waals surface area contributed by atoms with Crippen molar-refractivity contribution >= 4 is 67.1 Å². The Bertz CT molecular complexity index is 1720. The number of rotatable bonds is 8. The van der Waals surface area contributed by atoms with E-state index in [1.165, 1.54) is 12.1 Å². The summed E-state index contributed by atoms with van der Waals surface area (Å²) >= 11 is 12.3. The third-order valence-electron chi connectivity index (χ3n) is 5.79. The monoisotopic (exact) mass is 587 g/mol. The number of hydrogen-bond acceptors (Lipinski definition) is 7. The van der Waals surface area contributed by atoms with Crippen molar-refractivity contribution < 1.29 is 27.6 Å². The standard InChI is InChI=1S/C27H23Cl2N3O6S/c1-3-15-13-20(29)23(39(35,36)37)14-22(15)31-32-24-17-9-6-5-8-16(17)12-18(25(24)33)27(34)30-21-11-7-10-19(28)26(21)38-4-2/h5-14,33H,3-4H2,1-2H3,(H,30,34)(H,35,36,37). The number of hydrogen-bond donors (Lipinski definition) is 3. The van der Waals surface area contributed by atoms with Crippen LogP contribution in [0.4, 0.5) is 17.1 Å². The Hall–Kier alpha value is -3.70. The first-order valence-corrected chi connectivity index (χ1v) is 13.9. The van der Waals surface area contributed by atoms with E-state index in [4.69, 9.17) is 27.9 Å². The second-order valence-corrected chi connectivity index (χ2v) is 10.5. The van der Waals surface area contributed by atoms with Gasteiger partial charge < -0.3 is 15.2 Å². The summed E-state index contributed by atoms with van der Waals surface area (Å²) in [6, 6.07) is 15.8. The smallest absolute Gasteiger partial charge is 0.296 e. The van der Waals surface area contributed by atoms with Crippen molar-refractivity contribution in [3.8, 4) is 11.5 Å². The van der Waals surface area contributed by atoms with E-state index in [1.54, 1.807) is 49.4 Å². The van der Waals surface area contributed by atoms with E-state index in [-0.39, 0.29) is 22.0 Å². The number of ether oxygens (including phenoxy) is 1. The molecule has 0 fully saturated rings. The van der Waals surface area contributed by atoms with Crippen molar-refractivity contribution in [2.24, 2.45) is 10.2 Å². The third-order valence-corrected chi connectivity index (χ3v) is 7.41. The van der Waals surface area contributed by atoms with Gasteiger partial charge in [0.05, 0.1) is 33.6 Å². The highest BCUT2D eigenvalue weighted by Gasteiger charge is 2.21. The normalized spacial score (nSPS) is 11.7. The van der Waals surface area contributed by atoms with Crippen molar-refractivity contribution in [1.29, 1.82) is 0 Å². The van der Waals surface area contributed by atoms with Crippen molar-refractivity contribution in [3.05, 3.63) is 81.8 Å². The number of anilines is 1. The quantitative estimate of drug-likeness (QED) is 0.142. The van der Waals surface area contributed by atoms with Gasteiger partial charge in [0.15, 0.2) is 11.5 Å². The van der Waals surface area contributed by atoms with E-state index in [0.29, 0.717) is 45.8 Å². The molecule has 0 bridgehead atoms. The second kappa shape index (κ2) is 11.6. The Morgan fingerprint density at radius 1 is 1.00 bits per heavy atom. The number of aromatic hydroxyl groups is 1. The van der Waals surface area contributed by atoms with Crippen molar-refractivity contribution in [2.75, 3.05) is 11.9 Å². The molecule has 4 aromatic carbocycles. The SMILES string of the molecule is CCOc1c(Cl)cccc1NC(=O)c1cc2ccccc2c(N=Nc2cc(S(=O)(=O)O)c(Cl)cc2CC)c1O. The molecule has 12 heteroatoms. The van der Waals surface area contributed by atoms with Gasteiger partial charge in [-0.3, -0.25) is 9.35 Å². The van der Waals surface area contributed by atoms with Gasteiger partial charge in [-0.1, -0.05) is 60.5 Å². The molecule has 9 nitrogen and oxygen atoms in total. The van der Waals surface area contributed by atoms with E-state index in [9.17, 15) is 22.9 Å². The largest absolute Gasteiger partial charge is 0.505 e. The van der Waals surface area contributed by atoms with E-state index >= 15 is 0 Å². The third kappa shape index (κ3) is 5.99. The first kappa shape index (κ1) is 28.3. The zero-order valence-corrected chi connectivity index (χ0v) is 23.1. The molecule has 3 N–H and O–H groups in total. The molecule has 202 valence electrons. The molecule has 0 aliphatic carbocycles. The molecule has 0 heterocycles. The van der Waals surface area contributed by atoms with Crippen LogP contribution < -0.4 is 10.1 Å². The van der Waals surface area contributed by atoms with Crippen LogP contribution in [0, 0.1) is 0 Å². The van der Waals surface area contributed by atoms with Crippen LogP contribution in [0.2, 0.25) is 10.0 Å². The maximum absolute atomic E-state index is 13.3. The van der Waals surface area contributed by atoms with Crippen LogP contribution in [0.1, 0.15) is 29.8 Å². The average Bonchev–Trinajstić information content (AvgIpc) is 2.89. The summed E-state index contributed by atoms with van der Waals surface area (Å²) in [6.07, 6.45) is 0.427. The summed E-state index contributed by atoms with van der Waals surface area (Å²) < 4.78 is 38.6. The molecule has 0 saturated carbocycles. The molecule has 0 aromatic heterocycles. The first-order valence-electron chi connectivity index (χ1n) is 11.7. The molecule has 1 amide bonds. The van der Waals surface area contributed by atoms with E-state index in [1.807, 2.05) is 6.92 Å². The van der Waals surface area contributed by atoms with Gasteiger partial charge >= 0.3 is 0 Å². The summed E-state index contributed by atoms with van der Waals surface area (Å²) in [5, 5.41) is 23.5. The van der Waals surface area contributed by atoms with Crippen LogP contribution in [0.5, 0.6) is 11.5 Å². The minimum atomic E-state index is -4.62. The summed E-state index contributed by atoms with van der Waals surface area (Å²) in [6.45, 7) is 3.91. The molecule has 0 atom stereocenters. The van der Waals surface area contributed by atoms with Crippen LogP contribution in [-0.4, -0.2) is 30.6 Å². The lowest BCUT2D eigenvalue weighted by molar-refractivity contribution is 0.102. The Balaban J connectivity index is 1.83. The van der Waals surface area contributed by atoms with Gasteiger partial charge in [0.1, 0.15) is 10.6 Å². The minimum Gasteiger partial charge on any atom is -0.505 e. The number of carbonyl (C=O) groups excluding carboxylic acids is 1. The fraction of sp³-hybridized carbons (Fsp3) is 0.148. The molecule has 0 radical (unpaired) electrons. The molecule has 39 heavy (non-hydrogen) atoms. The van der Waals surface area contributed by atoms with Crippen LogP contribution in [0.25, 0.3) is 10.8 Å². The van der Waals surface area contributed by atoms with E-state index in [2.05, 4.69) is 15.5 Å². The maximum atomic E-state index is 13.3. The number of nitrogens with one attached hydrogen (secondary N) is 1. The van der Waals surface area contributed by atoms with Gasteiger partial charge in [0.2, 0.25) is 0 Å². The van der Waals surface area contributed by atoms with Gasteiger partial charge in [0, 0.05) is 5.39 Å². The second-order valence-electron chi connectivity index (χ2n) is 8.29. The molecule has 0 spiro atoms. The highest BCUT2D eigenvalue weighted by molar-refractivity contribution is 7.86. The minimum absolute atomic E-state index is 0.0141. The Kier molecular flexibility index (Phi) is 8.41. The summed E-state index contributed by atoms with van der Waals surface area (Å²) in [4.78, 5) is 12.8. The molecular weight excluding hydrogens is 565 g/mol. The molecule has 0 aliphatic heterocycles. The van der Waals surface area contributed by atoms with Crippen molar-refractivity contribution in [2.45, 2.75) is 25.2 Å². The maximum Gasteiger partial charge on any atom is 0.296 e. The lowest BCUT2D eigenvalue weighted by Crippen LogP contribution is -2.13. The summed E-state index contributed by atoms with van der Waals surface area (Å²) in [5.41, 5.74) is 0.887. The zero-order valence-electron chi connectivity index (χ0n) is 20.8.